The van der Waals surface area contributed by atoms with E-state index in [2.05, 4.69) is 10.1 Å². The van der Waals surface area contributed by atoms with Gasteiger partial charge in [-0.25, -0.2) is 0 Å². The maximum Gasteiger partial charge on any atom is 0.309 e. The Balaban J connectivity index is 1.67. The van der Waals surface area contributed by atoms with Gasteiger partial charge in [0.05, 0.1) is 13.0 Å². The molecule has 1 fully saturated rings. The summed E-state index contributed by atoms with van der Waals surface area (Å²) in [6.45, 7) is 0.0201. The molecule has 1 saturated carbocycles. The highest BCUT2D eigenvalue weighted by Gasteiger charge is 2.31. The normalized spacial score (nSPS) is 14.1. The number of hydrogen-bond donors (Lipinski definition) is 0. The molecule has 0 aliphatic heterocycles. The third-order valence-corrected chi connectivity index (χ3v) is 3.04. The number of esters is 1. The van der Waals surface area contributed by atoms with Gasteiger partial charge in [-0.05, 0) is 25.0 Å². The highest BCUT2D eigenvalue weighted by atomic mass is 16.6. The van der Waals surface area contributed by atoms with Gasteiger partial charge in [-0.1, -0.05) is 17.3 Å². The Kier molecular flexibility index (Phi) is 3.37. The average molecular weight is 274 g/mol. The molecule has 0 bridgehead atoms. The Bertz CT molecular complexity index is 619. The fraction of sp³-hybridized carbons (Fsp3) is 0.357. The highest BCUT2D eigenvalue weighted by molar-refractivity contribution is 5.74. The Morgan fingerprint density at radius 3 is 3.05 bits per heavy atom. The summed E-state index contributed by atoms with van der Waals surface area (Å²) in [4.78, 5) is 15.6. The van der Waals surface area contributed by atoms with Gasteiger partial charge in [0.25, 0.3) is 5.89 Å². The van der Waals surface area contributed by atoms with Crippen molar-refractivity contribution in [2.24, 2.45) is 5.92 Å². The maximum atomic E-state index is 11.4. The summed E-state index contributed by atoms with van der Waals surface area (Å²) in [5.74, 6) is 1.33. The number of carbonyl (C=O) groups is 1. The molecule has 6 nitrogen and oxygen atoms in total. The number of benzene rings is 1. The van der Waals surface area contributed by atoms with Gasteiger partial charge >= 0.3 is 5.97 Å². The highest BCUT2D eigenvalue weighted by Crippen LogP contribution is 2.30. The van der Waals surface area contributed by atoms with Gasteiger partial charge in [0, 0.05) is 5.56 Å². The Labute approximate surface area is 115 Å². The zero-order valence-electron chi connectivity index (χ0n) is 11.0. The van der Waals surface area contributed by atoms with Crippen molar-refractivity contribution in [2.75, 3.05) is 7.11 Å². The van der Waals surface area contributed by atoms with Crippen LogP contribution in [0.3, 0.4) is 0 Å². The smallest absolute Gasteiger partial charge is 0.309 e. The van der Waals surface area contributed by atoms with Crippen molar-refractivity contribution in [1.82, 2.24) is 10.1 Å². The molecule has 20 heavy (non-hydrogen) atoms. The van der Waals surface area contributed by atoms with Crippen LogP contribution in [0.2, 0.25) is 0 Å². The van der Waals surface area contributed by atoms with Crippen molar-refractivity contribution in [3.05, 3.63) is 30.2 Å². The summed E-state index contributed by atoms with van der Waals surface area (Å²) < 4.78 is 15.3. The number of nitrogens with zero attached hydrogens (tertiary/aromatic N) is 2. The van der Waals surface area contributed by atoms with Crippen LogP contribution in [-0.2, 0) is 16.1 Å². The maximum absolute atomic E-state index is 11.4. The van der Waals surface area contributed by atoms with Crippen molar-refractivity contribution >= 4 is 5.97 Å². The van der Waals surface area contributed by atoms with E-state index >= 15 is 0 Å². The number of carbonyl (C=O) groups excluding carboxylic acids is 1. The Hall–Kier alpha value is -2.37. The zero-order valence-corrected chi connectivity index (χ0v) is 11.0. The second kappa shape index (κ2) is 5.32. The fourth-order valence-electron chi connectivity index (χ4n) is 1.76. The summed E-state index contributed by atoms with van der Waals surface area (Å²) in [5, 5.41) is 3.87. The first-order valence-corrected chi connectivity index (χ1v) is 6.40. The molecule has 0 saturated heterocycles. The molecule has 0 radical (unpaired) electrons. The van der Waals surface area contributed by atoms with Crippen molar-refractivity contribution in [1.29, 1.82) is 0 Å². The molecule has 2 aromatic rings. The third-order valence-electron chi connectivity index (χ3n) is 3.04. The second-order valence-electron chi connectivity index (χ2n) is 4.63. The van der Waals surface area contributed by atoms with Crippen LogP contribution in [0.4, 0.5) is 0 Å². The lowest BCUT2D eigenvalue weighted by Gasteiger charge is -2.00. The summed E-state index contributed by atoms with van der Waals surface area (Å²) in [5.41, 5.74) is 0.785. The fourth-order valence-corrected chi connectivity index (χ4v) is 1.76. The molecule has 104 valence electrons. The molecule has 0 unspecified atom stereocenters. The summed E-state index contributed by atoms with van der Waals surface area (Å²) in [6.07, 6.45) is 1.83. The Morgan fingerprint density at radius 2 is 2.30 bits per heavy atom. The van der Waals surface area contributed by atoms with Crippen LogP contribution in [0.1, 0.15) is 18.7 Å². The Morgan fingerprint density at radius 1 is 1.45 bits per heavy atom. The monoisotopic (exact) mass is 274 g/mol. The number of hydrogen-bond acceptors (Lipinski definition) is 6. The van der Waals surface area contributed by atoms with E-state index < -0.39 is 0 Å². The van der Waals surface area contributed by atoms with Crippen molar-refractivity contribution in [2.45, 2.75) is 19.4 Å². The molecule has 6 heteroatoms. The quantitative estimate of drug-likeness (QED) is 0.778. The molecule has 1 aromatic heterocycles. The van der Waals surface area contributed by atoms with E-state index in [1.807, 2.05) is 24.3 Å². The van der Waals surface area contributed by atoms with Crippen LogP contribution < -0.4 is 4.74 Å². The molecule has 1 heterocycles. The SMILES string of the molecule is COc1cccc(-c2noc(COC(=O)C3CC3)n2)c1. The summed E-state index contributed by atoms with van der Waals surface area (Å²) >= 11 is 0. The minimum atomic E-state index is -0.189. The van der Waals surface area contributed by atoms with Gasteiger partial charge in [-0.15, -0.1) is 0 Å². The van der Waals surface area contributed by atoms with Crippen molar-refractivity contribution in [3.8, 4) is 17.1 Å². The van der Waals surface area contributed by atoms with E-state index in [1.165, 1.54) is 0 Å². The van der Waals surface area contributed by atoms with Gasteiger partial charge in [0.15, 0.2) is 6.61 Å². The molecular formula is C14H14N2O4. The predicted octanol–water partition coefficient (Wildman–Crippen LogP) is 2.20. The van der Waals surface area contributed by atoms with E-state index in [-0.39, 0.29) is 24.4 Å². The van der Waals surface area contributed by atoms with Crippen LogP contribution in [0, 0.1) is 5.92 Å². The second-order valence-corrected chi connectivity index (χ2v) is 4.63. The van der Waals surface area contributed by atoms with Crippen LogP contribution in [0.25, 0.3) is 11.4 Å². The first kappa shape index (κ1) is 12.7. The van der Waals surface area contributed by atoms with Crippen LogP contribution in [0.15, 0.2) is 28.8 Å². The van der Waals surface area contributed by atoms with Gasteiger partial charge in [-0.3, -0.25) is 4.79 Å². The molecule has 0 atom stereocenters. The lowest BCUT2D eigenvalue weighted by Crippen LogP contribution is -2.06. The molecule has 1 aliphatic rings. The largest absolute Gasteiger partial charge is 0.497 e. The first-order chi connectivity index (χ1) is 9.76. The van der Waals surface area contributed by atoms with E-state index in [0.29, 0.717) is 11.6 Å². The summed E-state index contributed by atoms with van der Waals surface area (Å²) in [6, 6.07) is 7.34. The van der Waals surface area contributed by atoms with E-state index in [1.54, 1.807) is 7.11 Å². The van der Waals surface area contributed by atoms with Crippen LogP contribution in [0.5, 0.6) is 5.75 Å². The minimum Gasteiger partial charge on any atom is -0.497 e. The lowest BCUT2D eigenvalue weighted by molar-refractivity contribution is -0.147. The standard InChI is InChI=1S/C14H14N2O4/c1-18-11-4-2-3-10(7-11)13-15-12(20-16-13)8-19-14(17)9-5-6-9/h2-4,7,9H,5-6,8H2,1H3. The van der Waals surface area contributed by atoms with Gasteiger partial charge in [-0.2, -0.15) is 4.98 Å². The molecule has 1 aromatic carbocycles. The first-order valence-electron chi connectivity index (χ1n) is 6.40. The van der Waals surface area contributed by atoms with Crippen molar-refractivity contribution < 1.29 is 18.8 Å². The van der Waals surface area contributed by atoms with Crippen molar-refractivity contribution in [3.63, 3.8) is 0 Å². The lowest BCUT2D eigenvalue weighted by atomic mass is 10.2. The van der Waals surface area contributed by atoms with Crippen LogP contribution in [-0.4, -0.2) is 23.2 Å². The molecule has 0 N–H and O–H groups in total. The molecule has 0 spiro atoms. The zero-order chi connectivity index (χ0) is 13.9. The van der Waals surface area contributed by atoms with Crippen LogP contribution >= 0.6 is 0 Å². The molecule has 0 amide bonds. The van der Waals surface area contributed by atoms with E-state index in [9.17, 15) is 4.79 Å². The van der Waals surface area contributed by atoms with E-state index in [0.717, 1.165) is 18.4 Å². The van der Waals surface area contributed by atoms with Gasteiger partial charge < -0.3 is 14.0 Å². The number of methoxy groups -OCH3 is 1. The number of ether oxygens (including phenoxy) is 2. The molecule has 3 rings (SSSR count). The third kappa shape index (κ3) is 2.79. The number of rotatable bonds is 5. The summed E-state index contributed by atoms with van der Waals surface area (Å²) in [7, 11) is 1.60. The molecule has 1 aliphatic carbocycles. The van der Waals surface area contributed by atoms with E-state index in [4.69, 9.17) is 14.0 Å². The number of aromatic nitrogens is 2. The average Bonchev–Trinajstić information content (AvgIpc) is 3.23. The minimum absolute atomic E-state index is 0.0201. The van der Waals surface area contributed by atoms with Gasteiger partial charge in [0.1, 0.15) is 5.75 Å². The topological polar surface area (TPSA) is 74.5 Å². The van der Waals surface area contributed by atoms with Gasteiger partial charge in [0.2, 0.25) is 5.82 Å². The predicted molar refractivity (Wildman–Crippen MR) is 68.8 cm³/mol. The molecular weight excluding hydrogens is 260 g/mol.